The van der Waals surface area contributed by atoms with Gasteiger partial charge in [0.15, 0.2) is 0 Å². The summed E-state index contributed by atoms with van der Waals surface area (Å²) in [7, 11) is 6.76. The van der Waals surface area contributed by atoms with Crippen molar-refractivity contribution < 1.29 is 24.2 Å². The molecule has 1 saturated heterocycles. The molecule has 7 heteroatoms. The summed E-state index contributed by atoms with van der Waals surface area (Å²) in [6.45, 7) is 7.28. The average Bonchev–Trinajstić information content (AvgIpc) is 3.05. The summed E-state index contributed by atoms with van der Waals surface area (Å²) < 4.78 is 10.9. The van der Waals surface area contributed by atoms with Gasteiger partial charge in [-0.15, -0.1) is 0 Å². The number of likely N-dealkylation sites (N-methyl/N-ethyl adjacent to an activating group) is 1. The first-order valence-corrected chi connectivity index (χ1v) is 11.3. The molecule has 1 amide bonds. The van der Waals surface area contributed by atoms with Crippen LogP contribution in [0, 0.1) is 0 Å². The highest BCUT2D eigenvalue weighted by molar-refractivity contribution is 6.46. The summed E-state index contributed by atoms with van der Waals surface area (Å²) in [5, 5.41) is 11.5. The second-order valence-electron chi connectivity index (χ2n) is 9.71. The molecule has 1 heterocycles. The lowest BCUT2D eigenvalue weighted by Crippen LogP contribution is -2.35. The van der Waals surface area contributed by atoms with Crippen LogP contribution in [0.15, 0.2) is 48.0 Å². The zero-order chi connectivity index (χ0) is 25.2. The monoisotopic (exact) mass is 466 g/mol. The first-order valence-electron chi connectivity index (χ1n) is 11.3. The molecule has 0 spiro atoms. The number of nitrogens with zero attached hydrogens (tertiary/aromatic N) is 2. The fraction of sp³-hybridized carbons (Fsp3) is 0.407. The van der Waals surface area contributed by atoms with Crippen molar-refractivity contribution in [2.24, 2.45) is 0 Å². The fourth-order valence-corrected chi connectivity index (χ4v) is 4.15. The van der Waals surface area contributed by atoms with Crippen LogP contribution in [0.1, 0.15) is 43.5 Å². The Bertz CT molecular complexity index is 1070. The van der Waals surface area contributed by atoms with Gasteiger partial charge in [0.2, 0.25) is 0 Å². The van der Waals surface area contributed by atoms with Crippen LogP contribution in [-0.4, -0.2) is 68.0 Å². The van der Waals surface area contributed by atoms with Crippen molar-refractivity contribution in [2.75, 3.05) is 41.4 Å². The van der Waals surface area contributed by atoms with E-state index in [9.17, 15) is 14.7 Å². The smallest absolute Gasteiger partial charge is 0.295 e. The van der Waals surface area contributed by atoms with E-state index in [1.165, 1.54) is 19.1 Å². The van der Waals surface area contributed by atoms with Crippen molar-refractivity contribution >= 4 is 17.4 Å². The minimum absolute atomic E-state index is 0.0232. The molecule has 34 heavy (non-hydrogen) atoms. The van der Waals surface area contributed by atoms with Crippen LogP contribution in [0.5, 0.6) is 11.5 Å². The SMILES string of the molecule is COc1cccc(OC)c1/C(O)=C1\C(=O)C(=O)N(CCN(C)C)C1c1ccc(C(C)(C)C)cc1. The Morgan fingerprint density at radius 2 is 1.56 bits per heavy atom. The van der Waals surface area contributed by atoms with Gasteiger partial charge in [-0.2, -0.15) is 0 Å². The van der Waals surface area contributed by atoms with E-state index in [0.717, 1.165) is 11.1 Å². The average molecular weight is 467 g/mol. The van der Waals surface area contributed by atoms with Crippen LogP contribution in [0.4, 0.5) is 0 Å². The van der Waals surface area contributed by atoms with Gasteiger partial charge >= 0.3 is 0 Å². The molecule has 1 aliphatic heterocycles. The molecule has 0 aliphatic carbocycles. The molecular weight excluding hydrogens is 432 g/mol. The molecule has 182 valence electrons. The minimum atomic E-state index is -0.733. The third-order valence-corrected chi connectivity index (χ3v) is 6.09. The lowest BCUT2D eigenvalue weighted by Gasteiger charge is -2.27. The minimum Gasteiger partial charge on any atom is -0.506 e. The number of methoxy groups -OCH3 is 2. The van der Waals surface area contributed by atoms with Crippen molar-refractivity contribution in [3.63, 3.8) is 0 Å². The van der Waals surface area contributed by atoms with E-state index < -0.39 is 17.7 Å². The number of ether oxygens (including phenoxy) is 2. The highest BCUT2D eigenvalue weighted by Crippen LogP contribution is 2.43. The van der Waals surface area contributed by atoms with Crippen molar-refractivity contribution in [3.05, 3.63) is 64.7 Å². The predicted octanol–water partition coefficient (Wildman–Crippen LogP) is 3.98. The number of amides is 1. The maximum Gasteiger partial charge on any atom is 0.295 e. The molecule has 3 rings (SSSR count). The highest BCUT2D eigenvalue weighted by Gasteiger charge is 2.46. The third-order valence-electron chi connectivity index (χ3n) is 6.09. The maximum absolute atomic E-state index is 13.3. The largest absolute Gasteiger partial charge is 0.506 e. The Labute approximate surface area is 201 Å². The van der Waals surface area contributed by atoms with Gasteiger partial charge in [0.25, 0.3) is 11.7 Å². The number of hydrogen-bond acceptors (Lipinski definition) is 6. The van der Waals surface area contributed by atoms with E-state index in [1.54, 1.807) is 18.2 Å². The summed E-state index contributed by atoms with van der Waals surface area (Å²) in [4.78, 5) is 29.9. The molecule has 1 fully saturated rings. The molecule has 1 N–H and O–H groups in total. The number of hydrogen-bond donors (Lipinski definition) is 1. The number of carbonyl (C=O) groups is 2. The first kappa shape index (κ1) is 25.3. The van der Waals surface area contributed by atoms with Crippen molar-refractivity contribution in [2.45, 2.75) is 32.2 Å². The zero-order valence-corrected chi connectivity index (χ0v) is 21.0. The molecule has 2 aromatic rings. The summed E-state index contributed by atoms with van der Waals surface area (Å²) in [5.74, 6) is -0.988. The topological polar surface area (TPSA) is 79.3 Å². The molecule has 0 radical (unpaired) electrons. The van der Waals surface area contributed by atoms with Crippen LogP contribution in [0.2, 0.25) is 0 Å². The number of aliphatic hydroxyl groups is 1. The first-order chi connectivity index (χ1) is 16.0. The molecular formula is C27H34N2O5. The molecule has 7 nitrogen and oxygen atoms in total. The summed E-state index contributed by atoms with van der Waals surface area (Å²) >= 11 is 0. The van der Waals surface area contributed by atoms with E-state index >= 15 is 0 Å². The van der Waals surface area contributed by atoms with Crippen LogP contribution >= 0.6 is 0 Å². The lowest BCUT2D eigenvalue weighted by atomic mass is 9.85. The van der Waals surface area contributed by atoms with Gasteiger partial charge in [0.1, 0.15) is 22.8 Å². The quantitative estimate of drug-likeness (QED) is 0.378. The van der Waals surface area contributed by atoms with Gasteiger partial charge in [0, 0.05) is 13.1 Å². The number of Topliss-reactive ketones (excluding diaryl/α,β-unsaturated/α-hetero) is 1. The summed E-state index contributed by atoms with van der Waals surface area (Å²) in [5.41, 5.74) is 2.11. The number of rotatable bonds is 7. The van der Waals surface area contributed by atoms with Gasteiger partial charge in [0.05, 0.1) is 25.8 Å². The number of ketones is 1. The predicted molar refractivity (Wildman–Crippen MR) is 132 cm³/mol. The van der Waals surface area contributed by atoms with Gasteiger partial charge in [-0.3, -0.25) is 9.59 Å². The number of aliphatic hydroxyl groups excluding tert-OH is 1. The molecule has 0 bridgehead atoms. The van der Waals surface area contributed by atoms with E-state index in [2.05, 4.69) is 20.8 Å². The van der Waals surface area contributed by atoms with Crippen LogP contribution in [0.25, 0.3) is 5.76 Å². The third kappa shape index (κ3) is 4.80. The highest BCUT2D eigenvalue weighted by atomic mass is 16.5. The Morgan fingerprint density at radius 3 is 2.03 bits per heavy atom. The van der Waals surface area contributed by atoms with Crippen LogP contribution < -0.4 is 9.47 Å². The molecule has 0 aromatic heterocycles. The Hall–Kier alpha value is -3.32. The molecule has 0 saturated carbocycles. The second kappa shape index (κ2) is 9.89. The van der Waals surface area contributed by atoms with Crippen LogP contribution in [-0.2, 0) is 15.0 Å². The normalized spacial score (nSPS) is 18.0. The standard InChI is InChI=1S/C27H34N2O5/c1-27(2,3)18-13-11-17(12-14-18)23-22(25(31)26(32)29(23)16-15-28(4)5)24(30)21-19(33-6)9-8-10-20(21)34-7/h8-14,23,30H,15-16H2,1-7H3/b24-22+. The maximum atomic E-state index is 13.3. The molecule has 2 aromatic carbocycles. The van der Waals surface area contributed by atoms with Crippen LogP contribution in [0.3, 0.4) is 0 Å². The van der Waals surface area contributed by atoms with E-state index in [4.69, 9.17) is 9.47 Å². The summed E-state index contributed by atoms with van der Waals surface area (Å²) in [6.07, 6.45) is 0. The van der Waals surface area contributed by atoms with E-state index in [1.807, 2.05) is 43.3 Å². The molecule has 1 aliphatic rings. The zero-order valence-electron chi connectivity index (χ0n) is 21.0. The lowest BCUT2D eigenvalue weighted by molar-refractivity contribution is -0.140. The number of carbonyl (C=O) groups excluding carboxylic acids is 2. The number of likely N-dealkylation sites (tertiary alicyclic amines) is 1. The van der Waals surface area contributed by atoms with Gasteiger partial charge in [-0.05, 0) is 42.8 Å². The van der Waals surface area contributed by atoms with Crippen molar-refractivity contribution in [1.29, 1.82) is 0 Å². The van der Waals surface area contributed by atoms with Gasteiger partial charge in [-0.25, -0.2) is 0 Å². The fourth-order valence-electron chi connectivity index (χ4n) is 4.15. The van der Waals surface area contributed by atoms with Gasteiger partial charge < -0.3 is 24.4 Å². The molecule has 1 atom stereocenters. The Balaban J connectivity index is 2.23. The summed E-state index contributed by atoms with van der Waals surface area (Å²) in [6, 6.07) is 12.2. The van der Waals surface area contributed by atoms with Crippen molar-refractivity contribution in [3.8, 4) is 11.5 Å². The number of benzene rings is 2. The van der Waals surface area contributed by atoms with Crippen molar-refractivity contribution in [1.82, 2.24) is 9.80 Å². The second-order valence-corrected chi connectivity index (χ2v) is 9.71. The van der Waals surface area contributed by atoms with E-state index in [0.29, 0.717) is 24.6 Å². The van der Waals surface area contributed by atoms with E-state index in [-0.39, 0.29) is 22.3 Å². The van der Waals surface area contributed by atoms with Gasteiger partial charge in [-0.1, -0.05) is 51.1 Å². The molecule has 1 unspecified atom stereocenters. The Morgan fingerprint density at radius 1 is 1.00 bits per heavy atom. The Kier molecular flexibility index (Phi) is 7.36.